The first-order valence-corrected chi connectivity index (χ1v) is 7.80. The van der Waals surface area contributed by atoms with Crippen molar-refractivity contribution in [3.05, 3.63) is 23.8 Å². The van der Waals surface area contributed by atoms with Gasteiger partial charge in [-0.15, -0.1) is 0 Å². The summed E-state index contributed by atoms with van der Waals surface area (Å²) in [5.74, 6) is 0.417. The van der Waals surface area contributed by atoms with E-state index in [2.05, 4.69) is 4.72 Å². The Labute approximate surface area is 119 Å². The van der Waals surface area contributed by atoms with E-state index < -0.39 is 10.0 Å². The second kappa shape index (κ2) is 6.21. The number of rotatable bonds is 6. The molecule has 1 rings (SSSR count). The number of hydrogen-bond donors (Lipinski definition) is 2. The molecule has 19 heavy (non-hydrogen) atoms. The number of benzene rings is 1. The molecule has 1 aromatic carbocycles. The van der Waals surface area contributed by atoms with Gasteiger partial charge in [-0.25, -0.2) is 8.42 Å². The molecule has 7 heteroatoms. The summed E-state index contributed by atoms with van der Waals surface area (Å²) in [6, 6.07) is 5.00. The lowest BCUT2D eigenvalue weighted by Crippen LogP contribution is -2.23. The zero-order valence-corrected chi connectivity index (χ0v) is 12.8. The van der Waals surface area contributed by atoms with Gasteiger partial charge in [-0.05, 0) is 18.1 Å². The average Bonchev–Trinajstić information content (AvgIpc) is 2.26. The predicted octanol–water partition coefficient (Wildman–Crippen LogP) is 1.73. The molecular weight excluding hydrogens is 284 g/mol. The molecule has 0 amide bonds. The van der Waals surface area contributed by atoms with Crippen LogP contribution in [0.2, 0.25) is 0 Å². The van der Waals surface area contributed by atoms with Crippen LogP contribution in [0.25, 0.3) is 0 Å². The maximum atomic E-state index is 12.0. The van der Waals surface area contributed by atoms with E-state index in [1.54, 1.807) is 18.2 Å². The molecule has 0 atom stereocenters. The summed E-state index contributed by atoms with van der Waals surface area (Å²) in [5, 5.41) is 0. The standard InChI is InChI=1S/C12H18N2O3S2/c1-8(2)7-19(15,16)14-11-9(12(13)18)5-4-6-10(11)17-3/h4-6,8,14H,7H2,1-3H3,(H2,13,18). The second-order valence-corrected chi connectivity index (χ2v) is 6.73. The van der Waals surface area contributed by atoms with Crippen molar-refractivity contribution in [3.8, 4) is 5.75 Å². The Morgan fingerprint density at radius 3 is 2.58 bits per heavy atom. The van der Waals surface area contributed by atoms with Crippen LogP contribution in [-0.2, 0) is 10.0 Å². The van der Waals surface area contributed by atoms with Gasteiger partial charge in [0, 0.05) is 5.56 Å². The van der Waals surface area contributed by atoms with E-state index in [1.807, 2.05) is 13.8 Å². The number of methoxy groups -OCH3 is 1. The Morgan fingerprint density at radius 1 is 1.47 bits per heavy atom. The number of nitrogens with one attached hydrogen (secondary N) is 1. The minimum Gasteiger partial charge on any atom is -0.495 e. The third-order valence-electron chi connectivity index (χ3n) is 2.32. The first-order valence-electron chi connectivity index (χ1n) is 5.74. The van der Waals surface area contributed by atoms with E-state index in [9.17, 15) is 8.42 Å². The molecule has 0 aliphatic heterocycles. The summed E-state index contributed by atoms with van der Waals surface area (Å²) in [5.41, 5.74) is 6.34. The fourth-order valence-electron chi connectivity index (χ4n) is 1.65. The lowest BCUT2D eigenvalue weighted by Gasteiger charge is -2.16. The van der Waals surface area contributed by atoms with Crippen LogP contribution in [0.15, 0.2) is 18.2 Å². The van der Waals surface area contributed by atoms with Crippen molar-refractivity contribution in [1.82, 2.24) is 0 Å². The van der Waals surface area contributed by atoms with E-state index in [0.29, 0.717) is 11.3 Å². The third-order valence-corrected chi connectivity index (χ3v) is 4.16. The van der Waals surface area contributed by atoms with Crippen molar-refractivity contribution in [2.24, 2.45) is 11.7 Å². The number of sulfonamides is 1. The number of nitrogens with two attached hydrogens (primary N) is 1. The smallest absolute Gasteiger partial charge is 0.233 e. The van der Waals surface area contributed by atoms with E-state index in [0.717, 1.165) is 0 Å². The van der Waals surface area contributed by atoms with Gasteiger partial charge in [-0.1, -0.05) is 32.1 Å². The SMILES string of the molecule is COc1cccc(C(N)=S)c1NS(=O)(=O)CC(C)C. The van der Waals surface area contributed by atoms with Gasteiger partial charge < -0.3 is 10.5 Å². The number of thiocarbonyl (C=S) groups is 1. The topological polar surface area (TPSA) is 81.4 Å². The second-order valence-electron chi connectivity index (χ2n) is 4.52. The Hall–Kier alpha value is -1.34. The monoisotopic (exact) mass is 302 g/mol. The molecule has 106 valence electrons. The van der Waals surface area contributed by atoms with Crippen LogP contribution >= 0.6 is 12.2 Å². The molecule has 0 saturated carbocycles. The van der Waals surface area contributed by atoms with Gasteiger partial charge in [0.1, 0.15) is 16.4 Å². The third kappa shape index (κ3) is 4.36. The van der Waals surface area contributed by atoms with Crippen LogP contribution in [0.5, 0.6) is 5.75 Å². The fraction of sp³-hybridized carbons (Fsp3) is 0.417. The molecule has 0 heterocycles. The first-order chi connectivity index (χ1) is 8.76. The summed E-state index contributed by atoms with van der Waals surface area (Å²) in [4.78, 5) is 0.112. The predicted molar refractivity (Wildman–Crippen MR) is 81.1 cm³/mol. The van der Waals surface area contributed by atoms with Gasteiger partial charge in [0.15, 0.2) is 0 Å². The van der Waals surface area contributed by atoms with Crippen LogP contribution in [0.3, 0.4) is 0 Å². The Balaban J connectivity index is 3.22. The Morgan fingerprint density at radius 2 is 2.11 bits per heavy atom. The van der Waals surface area contributed by atoms with E-state index in [1.165, 1.54) is 7.11 Å². The highest BCUT2D eigenvalue weighted by Gasteiger charge is 2.19. The van der Waals surface area contributed by atoms with Gasteiger partial charge in [0.05, 0.1) is 12.9 Å². The molecule has 0 spiro atoms. The van der Waals surface area contributed by atoms with Crippen molar-refractivity contribution in [1.29, 1.82) is 0 Å². The maximum Gasteiger partial charge on any atom is 0.233 e. The van der Waals surface area contributed by atoms with Gasteiger partial charge in [0.25, 0.3) is 0 Å². The lowest BCUT2D eigenvalue weighted by atomic mass is 10.1. The van der Waals surface area contributed by atoms with Crippen LogP contribution in [-0.4, -0.2) is 26.3 Å². The first kappa shape index (κ1) is 15.7. The minimum atomic E-state index is -3.47. The quantitative estimate of drug-likeness (QED) is 0.782. The zero-order chi connectivity index (χ0) is 14.6. The van der Waals surface area contributed by atoms with Crippen LogP contribution in [0.1, 0.15) is 19.4 Å². The summed E-state index contributed by atoms with van der Waals surface area (Å²) < 4.78 is 31.6. The van der Waals surface area contributed by atoms with Crippen molar-refractivity contribution < 1.29 is 13.2 Å². The molecule has 0 aliphatic rings. The highest BCUT2D eigenvalue weighted by molar-refractivity contribution is 7.92. The highest BCUT2D eigenvalue weighted by Crippen LogP contribution is 2.29. The maximum absolute atomic E-state index is 12.0. The summed E-state index contributed by atoms with van der Waals surface area (Å²) in [7, 11) is -2.01. The van der Waals surface area contributed by atoms with E-state index >= 15 is 0 Å². The number of ether oxygens (including phenoxy) is 1. The molecule has 0 unspecified atom stereocenters. The zero-order valence-electron chi connectivity index (χ0n) is 11.1. The summed E-state index contributed by atoms with van der Waals surface area (Å²) in [6.45, 7) is 3.66. The van der Waals surface area contributed by atoms with Gasteiger partial charge in [-0.2, -0.15) is 0 Å². The van der Waals surface area contributed by atoms with E-state index in [4.69, 9.17) is 22.7 Å². The number of para-hydroxylation sites is 1. The highest BCUT2D eigenvalue weighted by atomic mass is 32.2. The molecule has 0 radical (unpaired) electrons. The van der Waals surface area contributed by atoms with Crippen molar-refractivity contribution in [3.63, 3.8) is 0 Å². The molecule has 1 aromatic rings. The van der Waals surface area contributed by atoms with Crippen molar-refractivity contribution in [2.45, 2.75) is 13.8 Å². The number of hydrogen-bond acceptors (Lipinski definition) is 4. The van der Waals surface area contributed by atoms with Gasteiger partial charge in [-0.3, -0.25) is 4.72 Å². The fourth-order valence-corrected chi connectivity index (χ4v) is 3.30. The molecule has 0 bridgehead atoms. The molecule has 3 N–H and O–H groups in total. The van der Waals surface area contributed by atoms with E-state index in [-0.39, 0.29) is 22.3 Å². The van der Waals surface area contributed by atoms with Crippen molar-refractivity contribution in [2.75, 3.05) is 17.6 Å². The molecule has 0 saturated heterocycles. The molecule has 0 fully saturated rings. The number of anilines is 1. The Bertz CT molecular complexity index is 568. The summed E-state index contributed by atoms with van der Waals surface area (Å²) >= 11 is 4.92. The van der Waals surface area contributed by atoms with Crippen LogP contribution in [0, 0.1) is 5.92 Å². The average molecular weight is 302 g/mol. The molecule has 0 aromatic heterocycles. The summed E-state index contributed by atoms with van der Waals surface area (Å²) in [6.07, 6.45) is 0. The minimum absolute atomic E-state index is 0.0143. The molecule has 0 aliphatic carbocycles. The Kier molecular flexibility index (Phi) is 5.13. The van der Waals surface area contributed by atoms with Crippen molar-refractivity contribution >= 4 is 32.9 Å². The normalized spacial score (nSPS) is 11.4. The van der Waals surface area contributed by atoms with Gasteiger partial charge in [0.2, 0.25) is 10.0 Å². The molecule has 5 nitrogen and oxygen atoms in total. The van der Waals surface area contributed by atoms with Gasteiger partial charge >= 0.3 is 0 Å². The van der Waals surface area contributed by atoms with Crippen LogP contribution < -0.4 is 15.2 Å². The lowest BCUT2D eigenvalue weighted by molar-refractivity contribution is 0.417. The van der Waals surface area contributed by atoms with Crippen LogP contribution in [0.4, 0.5) is 5.69 Å². The molecular formula is C12H18N2O3S2. The largest absolute Gasteiger partial charge is 0.495 e.